The van der Waals surface area contributed by atoms with Gasteiger partial charge in [-0.05, 0) is 41.0 Å². The van der Waals surface area contributed by atoms with Crippen molar-refractivity contribution < 1.29 is 22.6 Å². The third-order valence-corrected chi connectivity index (χ3v) is 2.93. The number of halogens is 3. The normalized spacial score (nSPS) is 11.3. The molecule has 0 saturated carbocycles. The molecule has 21 heavy (non-hydrogen) atoms. The first-order valence-electron chi connectivity index (χ1n) is 6.16. The highest BCUT2D eigenvalue weighted by molar-refractivity contribution is 5.69. The van der Waals surface area contributed by atoms with Gasteiger partial charge in [-0.3, -0.25) is 0 Å². The molecule has 2 aromatic rings. The molecule has 0 aromatic heterocycles. The zero-order chi connectivity index (χ0) is 15.5. The number of methoxy groups -OCH3 is 1. The molecule has 0 aliphatic heterocycles. The van der Waals surface area contributed by atoms with Crippen LogP contribution in [0.3, 0.4) is 0 Å². The van der Waals surface area contributed by atoms with Crippen LogP contribution in [0.2, 0.25) is 0 Å². The maximum atomic E-state index is 12.1. The quantitative estimate of drug-likeness (QED) is 0.935. The Morgan fingerprint density at radius 2 is 1.62 bits per heavy atom. The van der Waals surface area contributed by atoms with Gasteiger partial charge in [0.1, 0.15) is 11.5 Å². The zero-order valence-corrected chi connectivity index (χ0v) is 11.3. The maximum Gasteiger partial charge on any atom is 0.573 e. The molecule has 0 saturated heterocycles. The van der Waals surface area contributed by atoms with Gasteiger partial charge in [-0.25, -0.2) is 0 Å². The molecule has 2 rings (SSSR count). The Morgan fingerprint density at radius 3 is 2.14 bits per heavy atom. The van der Waals surface area contributed by atoms with Gasteiger partial charge in [-0.1, -0.05) is 18.2 Å². The molecule has 0 heterocycles. The van der Waals surface area contributed by atoms with Gasteiger partial charge < -0.3 is 15.2 Å². The van der Waals surface area contributed by atoms with Crippen molar-refractivity contribution in [1.82, 2.24) is 0 Å². The van der Waals surface area contributed by atoms with Gasteiger partial charge in [0, 0.05) is 6.54 Å². The summed E-state index contributed by atoms with van der Waals surface area (Å²) in [5.74, 6) is 0.422. The van der Waals surface area contributed by atoms with E-state index < -0.39 is 6.36 Å². The molecule has 0 aliphatic rings. The summed E-state index contributed by atoms with van der Waals surface area (Å²) in [5, 5.41) is 0. The van der Waals surface area contributed by atoms with Crippen LogP contribution in [0, 0.1) is 0 Å². The Bertz CT molecular complexity index is 609. The van der Waals surface area contributed by atoms with Gasteiger partial charge in [0.25, 0.3) is 0 Å². The fourth-order valence-corrected chi connectivity index (χ4v) is 1.98. The molecule has 0 aliphatic carbocycles. The van der Waals surface area contributed by atoms with Crippen LogP contribution in [0.5, 0.6) is 11.5 Å². The smallest absolute Gasteiger partial charge is 0.497 e. The maximum absolute atomic E-state index is 12.1. The lowest BCUT2D eigenvalue weighted by atomic mass is 9.99. The third-order valence-electron chi connectivity index (χ3n) is 2.93. The van der Waals surface area contributed by atoms with E-state index in [-0.39, 0.29) is 5.75 Å². The number of hydrogen-bond donors (Lipinski definition) is 1. The first kappa shape index (κ1) is 15.2. The summed E-state index contributed by atoms with van der Waals surface area (Å²) in [6, 6.07) is 11.1. The molecule has 0 atom stereocenters. The molecular formula is C15H14F3NO2. The average Bonchev–Trinajstić information content (AvgIpc) is 2.46. The van der Waals surface area contributed by atoms with Crippen molar-refractivity contribution in [1.29, 1.82) is 0 Å². The van der Waals surface area contributed by atoms with Crippen LogP contribution in [0.25, 0.3) is 11.1 Å². The molecule has 2 aromatic carbocycles. The second-order valence-electron chi connectivity index (χ2n) is 4.30. The second kappa shape index (κ2) is 6.05. The van der Waals surface area contributed by atoms with E-state index >= 15 is 0 Å². The van der Waals surface area contributed by atoms with Crippen LogP contribution < -0.4 is 15.2 Å². The monoisotopic (exact) mass is 297 g/mol. The Morgan fingerprint density at radius 1 is 1.00 bits per heavy atom. The van der Waals surface area contributed by atoms with Gasteiger partial charge in [0.05, 0.1) is 7.11 Å². The van der Waals surface area contributed by atoms with E-state index in [4.69, 9.17) is 10.5 Å². The van der Waals surface area contributed by atoms with Crippen LogP contribution in [-0.4, -0.2) is 13.5 Å². The summed E-state index contributed by atoms with van der Waals surface area (Å²) in [7, 11) is 1.55. The number of ether oxygens (including phenoxy) is 2. The standard InChI is InChI=1S/C15H14F3NO2/c1-20-13-6-7-14(11(8-13)9-19)10-2-4-12(5-3-10)21-15(16,17)18/h2-8H,9,19H2,1H3. The number of rotatable bonds is 4. The van der Waals surface area contributed by atoms with Gasteiger partial charge in [0.15, 0.2) is 0 Å². The first-order chi connectivity index (χ1) is 9.93. The second-order valence-corrected chi connectivity index (χ2v) is 4.30. The molecule has 0 spiro atoms. The van der Waals surface area contributed by atoms with Crippen molar-refractivity contribution in [2.75, 3.05) is 7.11 Å². The molecule has 0 radical (unpaired) electrons. The molecule has 0 unspecified atom stereocenters. The van der Waals surface area contributed by atoms with E-state index in [0.717, 1.165) is 16.7 Å². The fraction of sp³-hybridized carbons (Fsp3) is 0.200. The van der Waals surface area contributed by atoms with E-state index in [1.54, 1.807) is 31.4 Å². The van der Waals surface area contributed by atoms with Crippen LogP contribution in [0.4, 0.5) is 13.2 Å². The third kappa shape index (κ3) is 3.88. The highest BCUT2D eigenvalue weighted by Gasteiger charge is 2.30. The number of hydrogen-bond acceptors (Lipinski definition) is 3. The highest BCUT2D eigenvalue weighted by atomic mass is 19.4. The van der Waals surface area contributed by atoms with Crippen LogP contribution in [-0.2, 0) is 6.54 Å². The molecule has 0 amide bonds. The van der Waals surface area contributed by atoms with Crippen LogP contribution in [0.15, 0.2) is 42.5 Å². The summed E-state index contributed by atoms with van der Waals surface area (Å²) in [6.45, 7) is 0.299. The molecule has 0 fully saturated rings. The average molecular weight is 297 g/mol. The molecular weight excluding hydrogens is 283 g/mol. The molecule has 112 valence electrons. The van der Waals surface area contributed by atoms with E-state index in [9.17, 15) is 13.2 Å². The Labute approximate surface area is 120 Å². The molecule has 2 N–H and O–H groups in total. The minimum Gasteiger partial charge on any atom is -0.497 e. The van der Waals surface area contributed by atoms with Crippen molar-refractivity contribution in [3.05, 3.63) is 48.0 Å². The summed E-state index contributed by atoms with van der Waals surface area (Å²) in [6.07, 6.45) is -4.69. The molecule has 0 bridgehead atoms. The summed E-state index contributed by atoms with van der Waals surface area (Å²) >= 11 is 0. The highest BCUT2D eigenvalue weighted by Crippen LogP contribution is 2.30. The van der Waals surface area contributed by atoms with Gasteiger partial charge >= 0.3 is 6.36 Å². The lowest BCUT2D eigenvalue weighted by Gasteiger charge is -2.12. The van der Waals surface area contributed by atoms with E-state index in [0.29, 0.717) is 12.3 Å². The summed E-state index contributed by atoms with van der Waals surface area (Å²) in [4.78, 5) is 0. The van der Waals surface area contributed by atoms with Gasteiger partial charge in [-0.15, -0.1) is 13.2 Å². The lowest BCUT2D eigenvalue weighted by molar-refractivity contribution is -0.274. The van der Waals surface area contributed by atoms with Gasteiger partial charge in [0.2, 0.25) is 0 Å². The van der Waals surface area contributed by atoms with Crippen molar-refractivity contribution in [3.8, 4) is 22.6 Å². The molecule has 6 heteroatoms. The van der Waals surface area contributed by atoms with Crippen molar-refractivity contribution >= 4 is 0 Å². The summed E-state index contributed by atoms with van der Waals surface area (Å²) < 4.78 is 45.3. The predicted molar refractivity (Wildman–Crippen MR) is 73.0 cm³/mol. The van der Waals surface area contributed by atoms with Crippen molar-refractivity contribution in [3.63, 3.8) is 0 Å². The van der Waals surface area contributed by atoms with E-state index in [1.165, 1.54) is 12.1 Å². The van der Waals surface area contributed by atoms with Crippen LogP contribution in [0.1, 0.15) is 5.56 Å². The van der Waals surface area contributed by atoms with Crippen molar-refractivity contribution in [2.45, 2.75) is 12.9 Å². The minimum absolute atomic E-state index is 0.255. The largest absolute Gasteiger partial charge is 0.573 e. The first-order valence-corrected chi connectivity index (χ1v) is 6.16. The van der Waals surface area contributed by atoms with E-state index in [2.05, 4.69) is 4.74 Å². The van der Waals surface area contributed by atoms with Gasteiger partial charge in [-0.2, -0.15) is 0 Å². The van der Waals surface area contributed by atoms with Crippen LogP contribution >= 0.6 is 0 Å². The SMILES string of the molecule is COc1ccc(-c2ccc(OC(F)(F)F)cc2)c(CN)c1. The number of alkyl halides is 3. The minimum atomic E-state index is -4.69. The Hall–Kier alpha value is -2.21. The predicted octanol–water partition coefficient (Wildman–Crippen LogP) is 3.72. The Kier molecular flexibility index (Phi) is 4.37. The fourth-order valence-electron chi connectivity index (χ4n) is 1.98. The number of nitrogens with two attached hydrogens (primary N) is 1. The Balaban J connectivity index is 2.30. The zero-order valence-electron chi connectivity index (χ0n) is 11.3. The molecule has 3 nitrogen and oxygen atoms in total. The topological polar surface area (TPSA) is 44.5 Å². The summed E-state index contributed by atoms with van der Waals surface area (Å²) in [5.41, 5.74) is 8.14. The van der Waals surface area contributed by atoms with Crippen molar-refractivity contribution in [2.24, 2.45) is 5.73 Å². The lowest BCUT2D eigenvalue weighted by Crippen LogP contribution is -2.16. The number of benzene rings is 2. The van der Waals surface area contributed by atoms with E-state index in [1.807, 2.05) is 6.07 Å².